The molecule has 1 fully saturated rings. The summed E-state index contributed by atoms with van der Waals surface area (Å²) in [6, 6.07) is 28.5. The largest absolute Gasteiger partial charge is 0.371 e. The summed E-state index contributed by atoms with van der Waals surface area (Å²) in [6.07, 6.45) is 2.39. The van der Waals surface area contributed by atoms with E-state index >= 15 is 0 Å². The lowest BCUT2D eigenvalue weighted by atomic mass is 10.1. The van der Waals surface area contributed by atoms with Gasteiger partial charge in [0.25, 0.3) is 5.91 Å². The van der Waals surface area contributed by atoms with Crippen LogP contribution in [0.2, 0.25) is 0 Å². The first-order chi connectivity index (χ1) is 13.8. The van der Waals surface area contributed by atoms with Gasteiger partial charge in [-0.2, -0.15) is 0 Å². The molecule has 0 aromatic heterocycles. The number of carbonyl (C=O) groups excluding carboxylic acids is 1. The van der Waals surface area contributed by atoms with Crippen molar-refractivity contribution < 1.29 is 4.79 Å². The molecule has 142 valence electrons. The molecule has 0 bridgehead atoms. The Labute approximate surface area is 167 Å². The summed E-state index contributed by atoms with van der Waals surface area (Å²) in [6.45, 7) is 3.26. The van der Waals surface area contributed by atoms with E-state index in [9.17, 15) is 4.79 Å². The Morgan fingerprint density at radius 3 is 1.79 bits per heavy atom. The molecule has 28 heavy (non-hydrogen) atoms. The Morgan fingerprint density at radius 2 is 1.21 bits per heavy atom. The van der Waals surface area contributed by atoms with Crippen LogP contribution < -0.4 is 4.90 Å². The van der Waals surface area contributed by atoms with E-state index < -0.39 is 0 Å². The molecule has 3 aromatic carbocycles. The van der Waals surface area contributed by atoms with Crippen molar-refractivity contribution in [2.75, 3.05) is 18.0 Å². The summed E-state index contributed by atoms with van der Waals surface area (Å²) < 4.78 is 0. The molecule has 1 amide bonds. The number of amides is 1. The lowest BCUT2D eigenvalue weighted by molar-refractivity contribution is 0.0730. The number of para-hydroxylation sites is 1. The first-order valence-electron chi connectivity index (χ1n) is 10.0. The first-order valence-corrected chi connectivity index (χ1v) is 10.0. The fourth-order valence-corrected chi connectivity index (χ4v) is 3.87. The highest BCUT2D eigenvalue weighted by Gasteiger charge is 2.23. The van der Waals surface area contributed by atoms with E-state index in [1.165, 1.54) is 12.8 Å². The molecule has 3 nitrogen and oxygen atoms in total. The fourth-order valence-electron chi connectivity index (χ4n) is 3.87. The van der Waals surface area contributed by atoms with Crippen molar-refractivity contribution in [3.8, 4) is 0 Å². The average molecular weight is 370 g/mol. The summed E-state index contributed by atoms with van der Waals surface area (Å²) in [5.74, 6) is 0.0928. The zero-order valence-corrected chi connectivity index (χ0v) is 16.1. The highest BCUT2D eigenvalue weighted by molar-refractivity contribution is 5.99. The van der Waals surface area contributed by atoms with E-state index in [1.54, 1.807) is 0 Å². The van der Waals surface area contributed by atoms with Gasteiger partial charge in [0, 0.05) is 31.9 Å². The minimum atomic E-state index is 0.0928. The molecule has 0 saturated carbocycles. The minimum absolute atomic E-state index is 0.0928. The third-order valence-corrected chi connectivity index (χ3v) is 5.30. The highest BCUT2D eigenvalue weighted by atomic mass is 16.2. The molecular weight excluding hydrogens is 344 g/mol. The number of nitrogens with zero attached hydrogens (tertiary/aromatic N) is 2. The topological polar surface area (TPSA) is 23.6 Å². The second kappa shape index (κ2) is 8.75. The molecule has 0 atom stereocenters. The molecular formula is C25H26N2O. The number of hydrogen-bond acceptors (Lipinski definition) is 2. The fraction of sp³-hybridized carbons (Fsp3) is 0.240. The Bertz CT molecular complexity index is 861. The summed E-state index contributed by atoms with van der Waals surface area (Å²) in [5.41, 5.74) is 4.16. The minimum Gasteiger partial charge on any atom is -0.371 e. The maximum Gasteiger partial charge on any atom is 0.256 e. The van der Waals surface area contributed by atoms with Gasteiger partial charge >= 0.3 is 0 Å². The average Bonchev–Trinajstić information content (AvgIpc) is 3.29. The third kappa shape index (κ3) is 4.25. The third-order valence-electron chi connectivity index (χ3n) is 5.30. The Kier molecular flexibility index (Phi) is 5.72. The monoisotopic (exact) mass is 370 g/mol. The van der Waals surface area contributed by atoms with Crippen molar-refractivity contribution in [2.45, 2.75) is 25.9 Å². The SMILES string of the molecule is O=C(c1ccccc1N1CCCC1)N(Cc1ccccc1)Cc1ccccc1. The van der Waals surface area contributed by atoms with Gasteiger partial charge in [-0.15, -0.1) is 0 Å². The van der Waals surface area contributed by atoms with Gasteiger partial charge in [0.15, 0.2) is 0 Å². The van der Waals surface area contributed by atoms with Crippen molar-refractivity contribution in [3.63, 3.8) is 0 Å². The lowest BCUT2D eigenvalue weighted by Gasteiger charge is -2.27. The van der Waals surface area contributed by atoms with Crippen LogP contribution >= 0.6 is 0 Å². The molecule has 0 N–H and O–H groups in total. The predicted octanol–water partition coefficient (Wildman–Crippen LogP) is 5.13. The smallest absolute Gasteiger partial charge is 0.256 e. The zero-order valence-electron chi connectivity index (χ0n) is 16.1. The van der Waals surface area contributed by atoms with E-state index in [2.05, 4.69) is 35.2 Å². The highest BCUT2D eigenvalue weighted by Crippen LogP contribution is 2.26. The molecule has 1 heterocycles. The van der Waals surface area contributed by atoms with Gasteiger partial charge in [-0.05, 0) is 36.1 Å². The van der Waals surface area contributed by atoms with Crippen molar-refractivity contribution >= 4 is 11.6 Å². The number of hydrogen-bond donors (Lipinski definition) is 0. The number of rotatable bonds is 6. The van der Waals surface area contributed by atoms with E-state index in [-0.39, 0.29) is 5.91 Å². The molecule has 1 aliphatic rings. The second-order valence-corrected chi connectivity index (χ2v) is 7.34. The Hall–Kier alpha value is -3.07. The van der Waals surface area contributed by atoms with Crippen LogP contribution in [0.3, 0.4) is 0 Å². The van der Waals surface area contributed by atoms with Crippen LogP contribution in [-0.4, -0.2) is 23.9 Å². The van der Waals surface area contributed by atoms with Gasteiger partial charge in [-0.25, -0.2) is 0 Å². The molecule has 0 aliphatic carbocycles. The van der Waals surface area contributed by atoms with Crippen LogP contribution in [0, 0.1) is 0 Å². The van der Waals surface area contributed by atoms with E-state index in [1.807, 2.05) is 59.5 Å². The van der Waals surface area contributed by atoms with Crippen molar-refractivity contribution in [3.05, 3.63) is 102 Å². The molecule has 0 unspecified atom stereocenters. The molecule has 3 heteroatoms. The van der Waals surface area contributed by atoms with Gasteiger partial charge < -0.3 is 9.80 Å². The summed E-state index contributed by atoms with van der Waals surface area (Å²) >= 11 is 0. The maximum absolute atomic E-state index is 13.6. The second-order valence-electron chi connectivity index (χ2n) is 7.34. The predicted molar refractivity (Wildman–Crippen MR) is 114 cm³/mol. The molecule has 3 aromatic rings. The molecule has 0 spiro atoms. The van der Waals surface area contributed by atoms with Gasteiger partial charge in [0.1, 0.15) is 0 Å². The zero-order chi connectivity index (χ0) is 19.2. The number of carbonyl (C=O) groups is 1. The molecule has 1 saturated heterocycles. The van der Waals surface area contributed by atoms with Crippen LogP contribution in [-0.2, 0) is 13.1 Å². The van der Waals surface area contributed by atoms with Crippen molar-refractivity contribution in [1.29, 1.82) is 0 Å². The lowest BCUT2D eigenvalue weighted by Crippen LogP contribution is -2.32. The van der Waals surface area contributed by atoms with Gasteiger partial charge in [-0.3, -0.25) is 4.79 Å². The first kappa shape index (κ1) is 18.3. The van der Waals surface area contributed by atoms with Crippen LogP contribution in [0.5, 0.6) is 0 Å². The van der Waals surface area contributed by atoms with Crippen molar-refractivity contribution in [2.24, 2.45) is 0 Å². The molecule has 4 rings (SSSR count). The quantitative estimate of drug-likeness (QED) is 0.600. The van der Waals surface area contributed by atoms with Gasteiger partial charge in [-0.1, -0.05) is 72.8 Å². The molecule has 1 aliphatic heterocycles. The standard InChI is InChI=1S/C25H26N2O/c28-25(23-15-7-8-16-24(23)26-17-9-10-18-26)27(19-21-11-3-1-4-12-21)20-22-13-5-2-6-14-22/h1-8,11-16H,9-10,17-20H2. The van der Waals surface area contributed by atoms with Crippen LogP contribution in [0.4, 0.5) is 5.69 Å². The number of benzene rings is 3. The number of anilines is 1. The van der Waals surface area contributed by atoms with Gasteiger partial charge in [0.05, 0.1) is 5.56 Å². The summed E-state index contributed by atoms with van der Waals surface area (Å²) in [4.78, 5) is 17.9. The molecule has 0 radical (unpaired) electrons. The van der Waals surface area contributed by atoms with Crippen LogP contribution in [0.25, 0.3) is 0 Å². The summed E-state index contributed by atoms with van der Waals surface area (Å²) in [7, 11) is 0. The van der Waals surface area contributed by atoms with E-state index in [0.717, 1.165) is 35.5 Å². The van der Waals surface area contributed by atoms with Crippen LogP contribution in [0.15, 0.2) is 84.9 Å². The van der Waals surface area contributed by atoms with Crippen molar-refractivity contribution in [1.82, 2.24) is 4.90 Å². The van der Waals surface area contributed by atoms with Gasteiger partial charge in [0.2, 0.25) is 0 Å². The van der Waals surface area contributed by atoms with E-state index in [0.29, 0.717) is 13.1 Å². The summed E-state index contributed by atoms with van der Waals surface area (Å²) in [5, 5.41) is 0. The Morgan fingerprint density at radius 1 is 0.714 bits per heavy atom. The van der Waals surface area contributed by atoms with Crippen LogP contribution in [0.1, 0.15) is 34.3 Å². The Balaban J connectivity index is 1.65. The maximum atomic E-state index is 13.6. The normalized spacial score (nSPS) is 13.5. The van der Waals surface area contributed by atoms with E-state index in [4.69, 9.17) is 0 Å².